The number of nitrogens with two attached hydrogens (primary N) is 1. The van der Waals surface area contributed by atoms with Crippen molar-refractivity contribution in [3.05, 3.63) is 42.6 Å². The molecule has 4 heterocycles. The third kappa shape index (κ3) is 2.70. The number of nitrogens with one attached hydrogen (secondary N) is 2. The van der Waals surface area contributed by atoms with E-state index in [9.17, 15) is 13.6 Å². The molecule has 8 nitrogen and oxygen atoms in total. The quantitative estimate of drug-likeness (QED) is 0.516. The van der Waals surface area contributed by atoms with Crippen molar-refractivity contribution in [1.82, 2.24) is 29.7 Å². The Labute approximate surface area is 145 Å². The lowest BCUT2D eigenvalue weighted by Crippen LogP contribution is -2.29. The number of aromatic nitrogens is 5. The largest absolute Gasteiger partial charge is 0.368 e. The summed E-state index contributed by atoms with van der Waals surface area (Å²) in [7, 11) is 0. The number of aromatic amines is 1. The van der Waals surface area contributed by atoms with E-state index in [1.165, 1.54) is 6.20 Å². The first-order valence-corrected chi connectivity index (χ1v) is 7.66. The second-order valence-corrected chi connectivity index (χ2v) is 5.58. The molecule has 0 atom stereocenters. The van der Waals surface area contributed by atoms with Gasteiger partial charge >= 0.3 is 0 Å². The topological polar surface area (TPSA) is 114 Å². The van der Waals surface area contributed by atoms with Crippen LogP contribution in [0.5, 0.6) is 0 Å². The van der Waals surface area contributed by atoms with Crippen molar-refractivity contribution in [2.24, 2.45) is 0 Å². The first-order valence-electron chi connectivity index (χ1n) is 7.66. The van der Waals surface area contributed by atoms with E-state index >= 15 is 0 Å². The van der Waals surface area contributed by atoms with Crippen molar-refractivity contribution in [2.75, 3.05) is 12.3 Å². The first-order chi connectivity index (χ1) is 12.5. The number of halogens is 2. The molecular formula is C16H13F2N7O. The van der Waals surface area contributed by atoms with E-state index in [0.717, 1.165) is 16.5 Å². The van der Waals surface area contributed by atoms with Crippen molar-refractivity contribution >= 4 is 28.5 Å². The Morgan fingerprint density at radius 1 is 1.31 bits per heavy atom. The normalized spacial score (nSPS) is 11.5. The van der Waals surface area contributed by atoms with Crippen LogP contribution in [0.2, 0.25) is 0 Å². The Morgan fingerprint density at radius 2 is 2.15 bits per heavy atom. The molecule has 0 spiro atoms. The van der Waals surface area contributed by atoms with Crippen LogP contribution in [0.15, 0.2) is 36.9 Å². The van der Waals surface area contributed by atoms with E-state index in [0.29, 0.717) is 11.3 Å². The number of rotatable bonds is 4. The zero-order valence-corrected chi connectivity index (χ0v) is 13.3. The Kier molecular flexibility index (Phi) is 3.72. The maximum Gasteiger partial charge on any atom is 0.270 e. The number of hydrogen-bond acceptors (Lipinski definition) is 5. The van der Waals surface area contributed by atoms with Gasteiger partial charge in [0.25, 0.3) is 12.3 Å². The fourth-order valence-electron chi connectivity index (χ4n) is 2.73. The highest BCUT2D eigenvalue weighted by Gasteiger charge is 2.15. The van der Waals surface area contributed by atoms with Crippen LogP contribution in [-0.2, 0) is 0 Å². The second kappa shape index (κ2) is 6.06. The molecule has 10 heteroatoms. The average molecular weight is 357 g/mol. The standard InChI is InChI=1S/C16H13F2N7O/c17-12(18)6-22-15(26)11-5-20-13-2-1-8(7-25(11)13)9-3-21-14-10(9)4-23-16(19)24-14/h1-5,7,12H,6H2,(H,22,26)(H3,19,21,23,24). The van der Waals surface area contributed by atoms with Gasteiger partial charge in [-0.25, -0.2) is 18.7 Å². The molecule has 0 fully saturated rings. The molecule has 4 aromatic rings. The van der Waals surface area contributed by atoms with Gasteiger partial charge in [-0.2, -0.15) is 4.98 Å². The van der Waals surface area contributed by atoms with Crippen LogP contribution in [0, 0.1) is 0 Å². The van der Waals surface area contributed by atoms with Gasteiger partial charge in [0.15, 0.2) is 0 Å². The SMILES string of the molecule is Nc1ncc2c(-c3ccc4ncc(C(=O)NCC(F)F)n4c3)c[nH]c2n1. The van der Waals surface area contributed by atoms with Crippen LogP contribution < -0.4 is 11.1 Å². The van der Waals surface area contributed by atoms with Gasteiger partial charge in [0.2, 0.25) is 5.95 Å². The van der Waals surface area contributed by atoms with Gasteiger partial charge in [-0.05, 0) is 12.1 Å². The monoisotopic (exact) mass is 357 g/mol. The van der Waals surface area contributed by atoms with Crippen molar-refractivity contribution in [3.8, 4) is 11.1 Å². The number of nitrogens with zero attached hydrogens (tertiary/aromatic N) is 4. The number of nitrogen functional groups attached to an aromatic ring is 1. The van der Waals surface area contributed by atoms with Gasteiger partial charge in [0.05, 0.1) is 12.7 Å². The number of pyridine rings is 1. The Hall–Kier alpha value is -3.56. The van der Waals surface area contributed by atoms with Crippen LogP contribution in [0.4, 0.5) is 14.7 Å². The summed E-state index contributed by atoms with van der Waals surface area (Å²) in [6.45, 7) is -0.715. The van der Waals surface area contributed by atoms with Crippen LogP contribution >= 0.6 is 0 Å². The molecule has 4 rings (SSSR count). The average Bonchev–Trinajstić information content (AvgIpc) is 3.22. The molecule has 26 heavy (non-hydrogen) atoms. The lowest BCUT2D eigenvalue weighted by Gasteiger charge is -2.06. The number of carbonyl (C=O) groups is 1. The van der Waals surface area contributed by atoms with Crippen LogP contribution in [-0.4, -0.2) is 43.2 Å². The van der Waals surface area contributed by atoms with E-state index in [-0.39, 0.29) is 11.6 Å². The summed E-state index contributed by atoms with van der Waals surface area (Å²) in [5.74, 6) is -0.459. The van der Waals surface area contributed by atoms with Crippen molar-refractivity contribution in [2.45, 2.75) is 6.43 Å². The zero-order chi connectivity index (χ0) is 18.3. The molecule has 1 amide bonds. The first kappa shape index (κ1) is 15.9. The Morgan fingerprint density at radius 3 is 2.96 bits per heavy atom. The number of imidazole rings is 1. The minimum Gasteiger partial charge on any atom is -0.368 e. The number of H-pyrrole nitrogens is 1. The molecule has 4 aromatic heterocycles. The van der Waals surface area contributed by atoms with E-state index in [1.54, 1.807) is 29.1 Å². The molecule has 0 unspecified atom stereocenters. The van der Waals surface area contributed by atoms with Crippen molar-refractivity contribution in [3.63, 3.8) is 0 Å². The summed E-state index contributed by atoms with van der Waals surface area (Å²) in [5, 5.41) is 2.94. The van der Waals surface area contributed by atoms with E-state index in [1.807, 2.05) is 6.07 Å². The summed E-state index contributed by atoms with van der Waals surface area (Å²) in [4.78, 5) is 27.4. The third-order valence-corrected chi connectivity index (χ3v) is 3.92. The molecule has 0 saturated carbocycles. The molecule has 4 N–H and O–H groups in total. The van der Waals surface area contributed by atoms with Gasteiger partial charge in [0, 0.05) is 35.1 Å². The fraction of sp³-hybridized carbons (Fsp3) is 0.125. The molecule has 0 bridgehead atoms. The lowest BCUT2D eigenvalue weighted by atomic mass is 10.1. The molecular weight excluding hydrogens is 344 g/mol. The van der Waals surface area contributed by atoms with Crippen LogP contribution in [0.25, 0.3) is 27.8 Å². The molecule has 0 aliphatic heterocycles. The number of alkyl halides is 2. The van der Waals surface area contributed by atoms with E-state index in [2.05, 4.69) is 25.3 Å². The van der Waals surface area contributed by atoms with Gasteiger partial charge in [0.1, 0.15) is 17.0 Å². The minimum atomic E-state index is -2.62. The van der Waals surface area contributed by atoms with Crippen LogP contribution in [0.3, 0.4) is 0 Å². The Bertz CT molecular complexity index is 1120. The molecule has 132 valence electrons. The van der Waals surface area contributed by atoms with E-state index in [4.69, 9.17) is 5.73 Å². The predicted molar refractivity (Wildman–Crippen MR) is 90.8 cm³/mol. The van der Waals surface area contributed by atoms with Gasteiger partial charge < -0.3 is 16.0 Å². The number of amides is 1. The summed E-state index contributed by atoms with van der Waals surface area (Å²) < 4.78 is 26.2. The molecule has 0 aliphatic rings. The lowest BCUT2D eigenvalue weighted by molar-refractivity contribution is 0.0886. The van der Waals surface area contributed by atoms with Crippen molar-refractivity contribution in [1.29, 1.82) is 0 Å². The Balaban J connectivity index is 1.77. The number of anilines is 1. The molecule has 0 aromatic carbocycles. The zero-order valence-electron chi connectivity index (χ0n) is 13.3. The minimum absolute atomic E-state index is 0.161. The third-order valence-electron chi connectivity index (χ3n) is 3.92. The highest BCUT2D eigenvalue weighted by atomic mass is 19.3. The smallest absolute Gasteiger partial charge is 0.270 e. The fourth-order valence-corrected chi connectivity index (χ4v) is 2.73. The van der Waals surface area contributed by atoms with Gasteiger partial charge in [-0.15, -0.1) is 0 Å². The molecule has 0 radical (unpaired) electrons. The van der Waals surface area contributed by atoms with Crippen LogP contribution in [0.1, 0.15) is 10.5 Å². The van der Waals surface area contributed by atoms with Gasteiger partial charge in [-0.1, -0.05) is 0 Å². The van der Waals surface area contributed by atoms with Crippen molar-refractivity contribution < 1.29 is 13.6 Å². The maximum atomic E-state index is 12.3. The van der Waals surface area contributed by atoms with Gasteiger partial charge in [-0.3, -0.25) is 9.20 Å². The summed E-state index contributed by atoms with van der Waals surface area (Å²) in [6.07, 6.45) is 3.80. The number of carbonyl (C=O) groups excluding carboxylic acids is 1. The van der Waals surface area contributed by atoms with E-state index < -0.39 is 18.9 Å². The highest BCUT2D eigenvalue weighted by molar-refractivity contribution is 5.95. The maximum absolute atomic E-state index is 12.3. The second-order valence-electron chi connectivity index (χ2n) is 5.58. The summed E-state index contributed by atoms with van der Waals surface area (Å²) in [6, 6.07) is 3.57. The predicted octanol–water partition coefficient (Wildman–Crippen LogP) is 1.85. The summed E-state index contributed by atoms with van der Waals surface area (Å²) >= 11 is 0. The highest BCUT2D eigenvalue weighted by Crippen LogP contribution is 2.28. The molecule has 0 saturated heterocycles. The number of hydrogen-bond donors (Lipinski definition) is 3. The number of fused-ring (bicyclic) bond motifs is 2. The molecule has 0 aliphatic carbocycles. The summed E-state index contributed by atoms with van der Waals surface area (Å²) in [5.41, 5.74) is 8.46.